The fourth-order valence-electron chi connectivity index (χ4n) is 6.62. The SMILES string of the molecule is CC(C)c1cc(-c2cccc3cc(-c4ccc(C(=O)NCC#Cc5cccc(N[C@@H]6CCC(=O)NC6=O)c5)nc4)ncc23)cc2c1n(C)c(=O)n2C. The lowest BCUT2D eigenvalue weighted by molar-refractivity contribution is -0.133. The number of hydrogen-bond acceptors (Lipinski definition) is 7. The number of anilines is 1. The highest BCUT2D eigenvalue weighted by molar-refractivity contribution is 6.02. The molecule has 1 atom stereocenters. The third kappa shape index (κ3) is 6.66. The fourth-order valence-corrected chi connectivity index (χ4v) is 6.62. The molecule has 1 aliphatic rings. The summed E-state index contributed by atoms with van der Waals surface area (Å²) in [5.74, 6) is 5.25. The molecule has 6 aromatic rings. The van der Waals surface area contributed by atoms with Crippen molar-refractivity contribution in [3.8, 4) is 34.2 Å². The number of aryl methyl sites for hydroxylation is 2. The Morgan fingerprint density at radius 2 is 1.77 bits per heavy atom. The van der Waals surface area contributed by atoms with E-state index in [9.17, 15) is 19.2 Å². The van der Waals surface area contributed by atoms with Crippen LogP contribution in [0.5, 0.6) is 0 Å². The van der Waals surface area contributed by atoms with Gasteiger partial charge in [-0.15, -0.1) is 0 Å². The molecule has 7 rings (SSSR count). The number of aromatic nitrogens is 4. The number of carbonyl (C=O) groups is 3. The van der Waals surface area contributed by atoms with Gasteiger partial charge >= 0.3 is 5.69 Å². The lowest BCUT2D eigenvalue weighted by atomic mass is 9.93. The molecule has 11 nitrogen and oxygen atoms in total. The lowest BCUT2D eigenvalue weighted by Crippen LogP contribution is -2.47. The minimum atomic E-state index is -0.483. The van der Waals surface area contributed by atoms with Gasteiger partial charge in [-0.3, -0.25) is 38.8 Å². The van der Waals surface area contributed by atoms with E-state index in [1.165, 1.54) is 0 Å². The lowest BCUT2D eigenvalue weighted by Gasteiger charge is -2.22. The summed E-state index contributed by atoms with van der Waals surface area (Å²) in [5, 5.41) is 10.3. The van der Waals surface area contributed by atoms with Gasteiger partial charge in [0, 0.05) is 55.1 Å². The zero-order valence-corrected chi connectivity index (χ0v) is 29.3. The maximum atomic E-state index is 12.8. The summed E-state index contributed by atoms with van der Waals surface area (Å²) in [6.45, 7) is 4.39. The van der Waals surface area contributed by atoms with Gasteiger partial charge in [-0.2, -0.15) is 0 Å². The topological polar surface area (TPSA) is 140 Å². The van der Waals surface area contributed by atoms with E-state index in [1.807, 2.05) is 61.8 Å². The molecule has 1 saturated heterocycles. The van der Waals surface area contributed by atoms with E-state index in [0.29, 0.717) is 18.4 Å². The number of amides is 3. The molecule has 3 aromatic heterocycles. The van der Waals surface area contributed by atoms with Crippen LogP contribution in [0.15, 0.2) is 90.0 Å². The Morgan fingerprint density at radius 1 is 0.942 bits per heavy atom. The summed E-state index contributed by atoms with van der Waals surface area (Å²) in [5.41, 5.74) is 8.16. The number of nitrogens with one attached hydrogen (secondary N) is 3. The highest BCUT2D eigenvalue weighted by atomic mass is 16.2. The van der Waals surface area contributed by atoms with Gasteiger partial charge in [0.2, 0.25) is 11.8 Å². The summed E-state index contributed by atoms with van der Waals surface area (Å²) >= 11 is 0. The summed E-state index contributed by atoms with van der Waals surface area (Å²) < 4.78 is 3.42. The average Bonchev–Trinajstić information content (AvgIpc) is 3.37. The Bertz CT molecular complexity index is 2520. The third-order valence-electron chi connectivity index (χ3n) is 9.39. The average molecular weight is 692 g/mol. The zero-order valence-electron chi connectivity index (χ0n) is 29.3. The molecule has 3 N–H and O–H groups in total. The van der Waals surface area contributed by atoms with Crippen molar-refractivity contribution in [2.75, 3.05) is 11.9 Å². The van der Waals surface area contributed by atoms with Crippen LogP contribution in [0.1, 0.15) is 54.2 Å². The van der Waals surface area contributed by atoms with E-state index >= 15 is 0 Å². The van der Waals surface area contributed by atoms with Gasteiger partial charge in [0.25, 0.3) is 5.91 Å². The fraction of sp³-hybridized carbons (Fsp3) is 0.220. The Hall–Kier alpha value is -6.54. The van der Waals surface area contributed by atoms with Gasteiger partial charge in [-0.25, -0.2) is 4.79 Å². The van der Waals surface area contributed by atoms with Gasteiger partial charge < -0.3 is 10.6 Å². The highest BCUT2D eigenvalue weighted by Crippen LogP contribution is 2.35. The van der Waals surface area contributed by atoms with Crippen molar-refractivity contribution in [3.63, 3.8) is 0 Å². The number of rotatable bonds is 7. The molecule has 0 bridgehead atoms. The number of fused-ring (bicyclic) bond motifs is 2. The van der Waals surface area contributed by atoms with Crippen LogP contribution in [0.25, 0.3) is 44.2 Å². The molecule has 3 aromatic carbocycles. The minimum absolute atomic E-state index is 0.0508. The van der Waals surface area contributed by atoms with E-state index in [2.05, 4.69) is 64.8 Å². The molecule has 0 unspecified atom stereocenters. The standard InChI is InChI=1S/C41H37N7O4/c1-24(2)31-19-28(21-36-38(31)48(4)41(52)47(36)3)30-12-6-10-26-20-35(44-23-32(26)30)27-13-14-33(43-22-27)39(50)42-17-7-9-25-8-5-11-29(18-25)45-34-15-16-37(49)46-40(34)51/h5-6,8,10-14,18-24,34,45H,15-17H2,1-4H3,(H,42,50)(H,46,49,51)/t34-/m1/s1. The van der Waals surface area contributed by atoms with Crippen LogP contribution in [0.3, 0.4) is 0 Å². The molecule has 0 aliphatic carbocycles. The summed E-state index contributed by atoms with van der Waals surface area (Å²) in [6.07, 6.45) is 4.22. The van der Waals surface area contributed by atoms with Gasteiger partial charge in [0.15, 0.2) is 0 Å². The molecular formula is C41H37N7O4. The number of imide groups is 1. The molecule has 3 amide bonds. The number of nitrogens with zero attached hydrogens (tertiary/aromatic N) is 4. The molecule has 52 heavy (non-hydrogen) atoms. The Labute approximate surface area is 300 Å². The van der Waals surface area contributed by atoms with Gasteiger partial charge in [0.1, 0.15) is 11.7 Å². The number of piperidine rings is 1. The van der Waals surface area contributed by atoms with E-state index in [1.54, 1.807) is 28.4 Å². The van der Waals surface area contributed by atoms with E-state index < -0.39 is 6.04 Å². The maximum Gasteiger partial charge on any atom is 0.328 e. The molecule has 1 aliphatic heterocycles. The first-order valence-corrected chi connectivity index (χ1v) is 17.1. The van der Waals surface area contributed by atoms with Crippen LogP contribution in [-0.2, 0) is 23.7 Å². The highest BCUT2D eigenvalue weighted by Gasteiger charge is 2.26. The minimum Gasteiger partial charge on any atom is -0.374 e. The molecule has 260 valence electrons. The number of carbonyl (C=O) groups excluding carboxylic acids is 3. The molecule has 0 spiro atoms. The molecule has 0 radical (unpaired) electrons. The van der Waals surface area contributed by atoms with Crippen molar-refractivity contribution in [2.45, 2.75) is 38.6 Å². The van der Waals surface area contributed by atoms with Crippen molar-refractivity contribution in [1.29, 1.82) is 0 Å². The Morgan fingerprint density at radius 3 is 2.54 bits per heavy atom. The van der Waals surface area contributed by atoms with E-state index in [0.717, 1.165) is 55.4 Å². The smallest absolute Gasteiger partial charge is 0.328 e. The molecule has 4 heterocycles. The van der Waals surface area contributed by atoms with Crippen LogP contribution in [0, 0.1) is 11.8 Å². The van der Waals surface area contributed by atoms with Crippen molar-refractivity contribution in [2.24, 2.45) is 14.1 Å². The van der Waals surface area contributed by atoms with Gasteiger partial charge in [-0.1, -0.05) is 50.0 Å². The Balaban J connectivity index is 1.03. The first-order chi connectivity index (χ1) is 25.1. The maximum absolute atomic E-state index is 12.8. The van der Waals surface area contributed by atoms with Crippen molar-refractivity contribution < 1.29 is 14.4 Å². The normalized spacial score (nSPS) is 14.3. The number of pyridine rings is 2. The summed E-state index contributed by atoms with van der Waals surface area (Å²) in [6, 6.07) is 22.7. The first-order valence-electron chi connectivity index (χ1n) is 17.1. The predicted octanol–water partition coefficient (Wildman–Crippen LogP) is 5.28. The van der Waals surface area contributed by atoms with Gasteiger partial charge in [-0.05, 0) is 82.9 Å². The van der Waals surface area contributed by atoms with Gasteiger partial charge in [0.05, 0.1) is 23.3 Å². The van der Waals surface area contributed by atoms with Crippen molar-refractivity contribution >= 4 is 45.2 Å². The Kier molecular flexibility index (Phi) is 9.13. The molecule has 1 fully saturated rings. The number of benzene rings is 3. The number of hydrogen-bond donors (Lipinski definition) is 3. The van der Waals surface area contributed by atoms with Crippen LogP contribution in [0.2, 0.25) is 0 Å². The van der Waals surface area contributed by atoms with Crippen molar-refractivity contribution in [3.05, 3.63) is 112 Å². The number of imidazole rings is 1. The van der Waals surface area contributed by atoms with E-state index in [4.69, 9.17) is 4.98 Å². The van der Waals surface area contributed by atoms with Crippen LogP contribution < -0.4 is 21.6 Å². The van der Waals surface area contributed by atoms with Crippen molar-refractivity contribution in [1.82, 2.24) is 29.7 Å². The zero-order chi connectivity index (χ0) is 36.5. The second-order valence-corrected chi connectivity index (χ2v) is 13.2. The van der Waals surface area contributed by atoms with E-state index in [-0.39, 0.29) is 41.6 Å². The van der Waals surface area contributed by atoms with Crippen LogP contribution in [-0.4, -0.2) is 49.4 Å². The molecule has 11 heteroatoms. The van der Waals surface area contributed by atoms with Crippen LogP contribution >= 0.6 is 0 Å². The summed E-state index contributed by atoms with van der Waals surface area (Å²) in [7, 11) is 3.63. The second-order valence-electron chi connectivity index (χ2n) is 13.2. The molecular weight excluding hydrogens is 654 g/mol. The third-order valence-corrected chi connectivity index (χ3v) is 9.39. The quantitative estimate of drug-likeness (QED) is 0.153. The molecule has 0 saturated carbocycles. The second kappa shape index (κ2) is 14.0. The first kappa shape index (κ1) is 33.9. The largest absolute Gasteiger partial charge is 0.374 e. The monoisotopic (exact) mass is 691 g/mol. The van der Waals surface area contributed by atoms with Crippen LogP contribution in [0.4, 0.5) is 5.69 Å². The summed E-state index contributed by atoms with van der Waals surface area (Å²) in [4.78, 5) is 58.3. The predicted molar refractivity (Wildman–Crippen MR) is 202 cm³/mol.